The van der Waals surface area contributed by atoms with Crippen LogP contribution in [-0.4, -0.2) is 17.7 Å². The molecule has 0 radical (unpaired) electrons. The van der Waals surface area contributed by atoms with Gasteiger partial charge in [0.2, 0.25) is 5.60 Å². The first-order valence-electron chi connectivity index (χ1n) is 7.74. The molecule has 0 bridgehead atoms. The summed E-state index contributed by atoms with van der Waals surface area (Å²) in [6.45, 7) is 0. The minimum Gasteiger partial charge on any atom is -0.460 e. The van der Waals surface area contributed by atoms with Gasteiger partial charge < -0.3 is 9.47 Å². The van der Waals surface area contributed by atoms with Crippen molar-refractivity contribution in [3.63, 3.8) is 0 Å². The quantitative estimate of drug-likeness (QED) is 0.626. The Labute approximate surface area is 119 Å². The summed E-state index contributed by atoms with van der Waals surface area (Å²) in [6, 6.07) is 9.91. The van der Waals surface area contributed by atoms with Crippen LogP contribution >= 0.6 is 0 Å². The fraction of sp³-hybridized carbons (Fsp3) is 0.588. The first-order valence-corrected chi connectivity index (χ1v) is 7.74. The van der Waals surface area contributed by atoms with Gasteiger partial charge in [0, 0.05) is 0 Å². The SMILES string of the molecule is O=C(OC1CC1)C1(c2ccccc2)OC12CCCCC2. The maximum absolute atomic E-state index is 12.7. The van der Waals surface area contributed by atoms with Crippen LogP contribution in [0.2, 0.25) is 0 Å². The molecule has 2 aliphatic carbocycles. The fourth-order valence-corrected chi connectivity index (χ4v) is 3.61. The standard InChI is InChI=1S/C17H20O3/c18-15(19-14-9-10-14)17(13-7-3-1-4-8-13)16(20-17)11-5-2-6-12-16/h1,3-4,7-8,14H,2,5-6,9-12H2. The highest BCUT2D eigenvalue weighted by Gasteiger charge is 2.76. The summed E-state index contributed by atoms with van der Waals surface area (Å²) in [5.74, 6) is -0.159. The van der Waals surface area contributed by atoms with Crippen LogP contribution in [0.4, 0.5) is 0 Å². The lowest BCUT2D eigenvalue weighted by Crippen LogP contribution is -2.35. The fourth-order valence-electron chi connectivity index (χ4n) is 3.61. The number of benzene rings is 1. The van der Waals surface area contributed by atoms with Gasteiger partial charge in [0.1, 0.15) is 11.7 Å². The number of carbonyl (C=O) groups excluding carboxylic acids is 1. The van der Waals surface area contributed by atoms with Gasteiger partial charge >= 0.3 is 5.97 Å². The summed E-state index contributed by atoms with van der Waals surface area (Å²) in [4.78, 5) is 12.7. The second-order valence-corrected chi connectivity index (χ2v) is 6.31. The predicted molar refractivity (Wildman–Crippen MR) is 74.1 cm³/mol. The van der Waals surface area contributed by atoms with Gasteiger partial charge in [-0.05, 0) is 31.2 Å². The van der Waals surface area contributed by atoms with E-state index in [9.17, 15) is 4.79 Å². The first-order chi connectivity index (χ1) is 9.77. The number of esters is 1. The van der Waals surface area contributed by atoms with Crippen LogP contribution in [0.3, 0.4) is 0 Å². The van der Waals surface area contributed by atoms with Gasteiger partial charge in [-0.2, -0.15) is 0 Å². The van der Waals surface area contributed by atoms with Gasteiger partial charge in [0.05, 0.1) is 0 Å². The molecule has 3 aliphatic rings. The molecule has 4 rings (SSSR count). The van der Waals surface area contributed by atoms with Crippen LogP contribution < -0.4 is 0 Å². The zero-order chi connectivity index (χ0) is 13.6. The van der Waals surface area contributed by atoms with Crippen molar-refractivity contribution in [3.8, 4) is 0 Å². The van der Waals surface area contributed by atoms with E-state index in [1.165, 1.54) is 6.42 Å². The van der Waals surface area contributed by atoms with Crippen molar-refractivity contribution in [2.75, 3.05) is 0 Å². The Kier molecular flexibility index (Phi) is 2.68. The monoisotopic (exact) mass is 272 g/mol. The van der Waals surface area contributed by atoms with E-state index < -0.39 is 5.60 Å². The molecule has 1 unspecified atom stereocenters. The van der Waals surface area contributed by atoms with Crippen molar-refractivity contribution in [1.29, 1.82) is 0 Å². The Hall–Kier alpha value is -1.35. The smallest absolute Gasteiger partial charge is 0.346 e. The molecule has 20 heavy (non-hydrogen) atoms. The molecule has 106 valence electrons. The first kappa shape index (κ1) is 12.4. The van der Waals surface area contributed by atoms with Gasteiger partial charge in [-0.3, -0.25) is 0 Å². The van der Waals surface area contributed by atoms with E-state index in [1.807, 2.05) is 30.3 Å². The Morgan fingerprint density at radius 2 is 1.80 bits per heavy atom. The molecule has 0 aromatic heterocycles. The molecule has 1 heterocycles. The van der Waals surface area contributed by atoms with Crippen LogP contribution in [0.5, 0.6) is 0 Å². The Bertz CT molecular complexity index is 514. The van der Waals surface area contributed by atoms with E-state index in [-0.39, 0.29) is 17.7 Å². The molecule has 3 fully saturated rings. The van der Waals surface area contributed by atoms with Crippen molar-refractivity contribution < 1.29 is 14.3 Å². The van der Waals surface area contributed by atoms with Crippen LogP contribution in [0.25, 0.3) is 0 Å². The lowest BCUT2D eigenvalue weighted by atomic mass is 9.77. The predicted octanol–water partition coefficient (Wildman–Crippen LogP) is 3.32. The minimum absolute atomic E-state index is 0.132. The molecule has 3 heteroatoms. The number of hydrogen-bond donors (Lipinski definition) is 0. The third-order valence-corrected chi connectivity index (χ3v) is 4.88. The van der Waals surface area contributed by atoms with E-state index in [0.717, 1.165) is 44.1 Å². The topological polar surface area (TPSA) is 38.8 Å². The lowest BCUT2D eigenvalue weighted by molar-refractivity contribution is -0.151. The van der Waals surface area contributed by atoms with E-state index >= 15 is 0 Å². The lowest BCUT2D eigenvalue weighted by Gasteiger charge is -2.23. The largest absolute Gasteiger partial charge is 0.460 e. The number of rotatable bonds is 3. The third kappa shape index (κ3) is 1.72. The molecule has 1 saturated heterocycles. The zero-order valence-corrected chi connectivity index (χ0v) is 11.6. The Morgan fingerprint density at radius 3 is 2.45 bits per heavy atom. The highest BCUT2D eigenvalue weighted by molar-refractivity contribution is 5.87. The minimum atomic E-state index is -0.822. The third-order valence-electron chi connectivity index (χ3n) is 4.88. The van der Waals surface area contributed by atoms with Crippen LogP contribution in [-0.2, 0) is 19.9 Å². The second-order valence-electron chi connectivity index (χ2n) is 6.31. The average molecular weight is 272 g/mol. The van der Waals surface area contributed by atoms with Crippen molar-refractivity contribution in [3.05, 3.63) is 35.9 Å². The molecule has 1 spiro atoms. The molecule has 1 atom stereocenters. The zero-order valence-electron chi connectivity index (χ0n) is 11.6. The molecule has 1 aromatic rings. The number of ether oxygens (including phenoxy) is 2. The summed E-state index contributed by atoms with van der Waals surface area (Å²) >= 11 is 0. The van der Waals surface area contributed by atoms with Crippen molar-refractivity contribution in [2.24, 2.45) is 0 Å². The van der Waals surface area contributed by atoms with Gasteiger partial charge in [0.15, 0.2) is 0 Å². The molecule has 0 N–H and O–H groups in total. The van der Waals surface area contributed by atoms with E-state index in [1.54, 1.807) is 0 Å². The van der Waals surface area contributed by atoms with Crippen molar-refractivity contribution >= 4 is 5.97 Å². The summed E-state index contributed by atoms with van der Waals surface area (Å²) < 4.78 is 11.7. The highest BCUT2D eigenvalue weighted by Crippen LogP contribution is 2.63. The molecule has 1 aromatic carbocycles. The molecule has 3 nitrogen and oxygen atoms in total. The second kappa shape index (κ2) is 4.32. The summed E-state index contributed by atoms with van der Waals surface area (Å²) in [7, 11) is 0. The maximum Gasteiger partial charge on any atom is 0.346 e. The summed E-state index contributed by atoms with van der Waals surface area (Å²) in [6.07, 6.45) is 7.62. The van der Waals surface area contributed by atoms with E-state index in [2.05, 4.69) is 0 Å². The molecular weight excluding hydrogens is 252 g/mol. The summed E-state index contributed by atoms with van der Waals surface area (Å²) in [5, 5.41) is 0. The molecule has 1 aliphatic heterocycles. The highest BCUT2D eigenvalue weighted by atomic mass is 16.7. The average Bonchev–Trinajstić information content (AvgIpc) is 3.39. The van der Waals surface area contributed by atoms with E-state index in [4.69, 9.17) is 9.47 Å². The van der Waals surface area contributed by atoms with Crippen LogP contribution in [0, 0.1) is 0 Å². The van der Waals surface area contributed by atoms with Crippen LogP contribution in [0.15, 0.2) is 30.3 Å². The van der Waals surface area contributed by atoms with Gasteiger partial charge in [-0.15, -0.1) is 0 Å². The maximum atomic E-state index is 12.7. The van der Waals surface area contributed by atoms with Crippen molar-refractivity contribution in [1.82, 2.24) is 0 Å². The number of hydrogen-bond acceptors (Lipinski definition) is 3. The van der Waals surface area contributed by atoms with Crippen molar-refractivity contribution in [2.45, 2.75) is 62.3 Å². The number of carbonyl (C=O) groups is 1. The number of epoxide rings is 1. The normalized spacial score (nSPS) is 31.0. The van der Waals surface area contributed by atoms with E-state index in [0.29, 0.717) is 0 Å². The molecular formula is C17H20O3. The Morgan fingerprint density at radius 1 is 1.10 bits per heavy atom. The Balaban J connectivity index is 1.68. The molecule has 0 amide bonds. The van der Waals surface area contributed by atoms with Crippen LogP contribution in [0.1, 0.15) is 50.5 Å². The van der Waals surface area contributed by atoms with Gasteiger partial charge in [-0.25, -0.2) is 4.79 Å². The van der Waals surface area contributed by atoms with Gasteiger partial charge in [0.25, 0.3) is 0 Å². The summed E-state index contributed by atoms with van der Waals surface area (Å²) in [5.41, 5.74) is -0.150. The van der Waals surface area contributed by atoms with Gasteiger partial charge in [-0.1, -0.05) is 49.6 Å². The molecule has 2 saturated carbocycles.